The maximum absolute atomic E-state index is 5.29. The first kappa shape index (κ1) is 9.53. The minimum absolute atomic E-state index is 0.171. The van der Waals surface area contributed by atoms with Crippen LogP contribution in [0.1, 0.15) is 31.9 Å². The lowest BCUT2D eigenvalue weighted by Gasteiger charge is -2.20. The molecule has 0 N–H and O–H groups in total. The van der Waals surface area contributed by atoms with Crippen LogP contribution >= 0.6 is 12.6 Å². The van der Waals surface area contributed by atoms with Crippen molar-refractivity contribution >= 4 is 12.6 Å². The molecule has 0 bridgehead atoms. The molecule has 0 nitrogen and oxygen atoms in total. The Hall–Kier alpha value is -0.560. The molecule has 0 saturated carbocycles. The first-order valence-electron chi connectivity index (χ1n) is 4.19. The van der Waals surface area contributed by atoms with Gasteiger partial charge in [-0.05, 0) is 29.5 Å². The second-order valence-electron chi connectivity index (χ2n) is 4.25. The molecule has 0 heterocycles. The van der Waals surface area contributed by atoms with E-state index >= 15 is 0 Å². The van der Waals surface area contributed by atoms with E-state index in [0.717, 1.165) is 4.90 Å². The summed E-state index contributed by atoms with van der Waals surface area (Å²) in [4.78, 5) is 0.988. The lowest BCUT2D eigenvalue weighted by atomic mass is 9.86. The van der Waals surface area contributed by atoms with Crippen molar-refractivity contribution in [3.8, 4) is 0 Å². The molecular formula is C11H15S. The molecule has 0 atom stereocenters. The smallest absolute Gasteiger partial charge is 0.0417 e. The van der Waals surface area contributed by atoms with E-state index in [9.17, 15) is 0 Å². The molecule has 1 aromatic carbocycles. The monoisotopic (exact) mass is 179 g/mol. The van der Waals surface area contributed by atoms with Gasteiger partial charge in [0.25, 0.3) is 0 Å². The number of aryl methyl sites for hydroxylation is 1. The van der Waals surface area contributed by atoms with Crippen LogP contribution in [-0.2, 0) is 5.41 Å². The predicted octanol–water partition coefficient (Wildman–Crippen LogP) is 3.85. The third-order valence-corrected chi connectivity index (χ3v) is 2.28. The zero-order chi connectivity index (χ0) is 9.35. The van der Waals surface area contributed by atoms with E-state index in [1.807, 2.05) is 0 Å². The van der Waals surface area contributed by atoms with Gasteiger partial charge in [0.15, 0.2) is 0 Å². The van der Waals surface area contributed by atoms with Gasteiger partial charge in [-0.1, -0.05) is 45.5 Å². The summed E-state index contributed by atoms with van der Waals surface area (Å²) in [5.74, 6) is 0. The van der Waals surface area contributed by atoms with Crippen molar-refractivity contribution in [3.05, 3.63) is 29.3 Å². The molecule has 1 rings (SSSR count). The van der Waals surface area contributed by atoms with Gasteiger partial charge in [-0.15, -0.1) is 0 Å². The Morgan fingerprint density at radius 2 is 1.75 bits per heavy atom. The highest BCUT2D eigenvalue weighted by atomic mass is 32.1. The van der Waals surface area contributed by atoms with Gasteiger partial charge in [-0.25, -0.2) is 0 Å². The summed E-state index contributed by atoms with van der Waals surface area (Å²) >= 11 is 5.29. The van der Waals surface area contributed by atoms with Gasteiger partial charge in [0.1, 0.15) is 0 Å². The first-order chi connectivity index (χ1) is 5.41. The van der Waals surface area contributed by atoms with Crippen LogP contribution < -0.4 is 0 Å². The molecule has 0 spiro atoms. The van der Waals surface area contributed by atoms with Crippen LogP contribution in [0.3, 0.4) is 0 Å². The quantitative estimate of drug-likeness (QED) is 0.567. The van der Waals surface area contributed by atoms with E-state index in [1.165, 1.54) is 11.1 Å². The highest BCUT2D eigenvalue weighted by molar-refractivity contribution is 7.80. The van der Waals surface area contributed by atoms with Crippen LogP contribution in [0.25, 0.3) is 0 Å². The van der Waals surface area contributed by atoms with E-state index in [2.05, 4.69) is 45.9 Å². The Balaban J connectivity index is 3.19. The van der Waals surface area contributed by atoms with Crippen molar-refractivity contribution in [1.29, 1.82) is 0 Å². The third-order valence-electron chi connectivity index (χ3n) is 1.95. The summed E-state index contributed by atoms with van der Waals surface area (Å²) in [6.07, 6.45) is 0. The number of rotatable bonds is 0. The average molecular weight is 179 g/mol. The largest absolute Gasteiger partial charge is 0.0798 e. The topological polar surface area (TPSA) is 0 Å². The number of hydrogen-bond donors (Lipinski definition) is 0. The summed E-state index contributed by atoms with van der Waals surface area (Å²) in [5, 5.41) is 0. The van der Waals surface area contributed by atoms with Gasteiger partial charge in [-0.3, -0.25) is 0 Å². The summed E-state index contributed by atoms with van der Waals surface area (Å²) < 4.78 is 0. The molecule has 1 aromatic rings. The fourth-order valence-electron chi connectivity index (χ4n) is 1.25. The second kappa shape index (κ2) is 3.06. The molecule has 0 fully saturated rings. The van der Waals surface area contributed by atoms with Crippen molar-refractivity contribution < 1.29 is 0 Å². The minimum Gasteiger partial charge on any atom is -0.0798 e. The molecule has 1 radical (unpaired) electrons. The van der Waals surface area contributed by atoms with Gasteiger partial charge in [0.05, 0.1) is 0 Å². The van der Waals surface area contributed by atoms with E-state index < -0.39 is 0 Å². The summed E-state index contributed by atoms with van der Waals surface area (Å²) in [6.45, 7) is 8.64. The fourth-order valence-corrected chi connectivity index (χ4v) is 1.81. The lowest BCUT2D eigenvalue weighted by Crippen LogP contribution is -2.11. The molecule has 0 saturated heterocycles. The molecule has 1 heteroatoms. The standard InChI is InChI=1S/C11H15S/c1-8-5-6-9(10(12)7-8)11(2,3)4/h5-7H,1-4H3. The molecular weight excluding hydrogens is 164 g/mol. The summed E-state index contributed by atoms with van der Waals surface area (Å²) in [6, 6.07) is 6.32. The summed E-state index contributed by atoms with van der Waals surface area (Å²) in [5.41, 5.74) is 2.68. The van der Waals surface area contributed by atoms with Crippen molar-refractivity contribution in [2.45, 2.75) is 38.0 Å². The minimum atomic E-state index is 0.171. The first-order valence-corrected chi connectivity index (χ1v) is 4.60. The zero-order valence-electron chi connectivity index (χ0n) is 8.14. The lowest BCUT2D eigenvalue weighted by molar-refractivity contribution is 0.578. The molecule has 0 aliphatic heterocycles. The van der Waals surface area contributed by atoms with Crippen LogP contribution in [0.15, 0.2) is 23.1 Å². The van der Waals surface area contributed by atoms with Gasteiger partial charge in [0, 0.05) is 4.90 Å². The molecule has 65 valence electrons. The van der Waals surface area contributed by atoms with Crippen molar-refractivity contribution in [2.75, 3.05) is 0 Å². The van der Waals surface area contributed by atoms with Crippen molar-refractivity contribution in [3.63, 3.8) is 0 Å². The Labute approximate surface area is 80.4 Å². The second-order valence-corrected chi connectivity index (χ2v) is 4.69. The zero-order valence-corrected chi connectivity index (χ0v) is 8.96. The predicted molar refractivity (Wildman–Crippen MR) is 55.7 cm³/mol. The Morgan fingerprint density at radius 1 is 1.17 bits per heavy atom. The van der Waals surface area contributed by atoms with Crippen LogP contribution in [-0.4, -0.2) is 0 Å². The van der Waals surface area contributed by atoms with E-state index in [4.69, 9.17) is 12.6 Å². The summed E-state index contributed by atoms with van der Waals surface area (Å²) in [7, 11) is 0. The maximum atomic E-state index is 5.29. The van der Waals surface area contributed by atoms with Gasteiger partial charge >= 0.3 is 0 Å². The highest BCUT2D eigenvalue weighted by Gasteiger charge is 2.16. The van der Waals surface area contributed by atoms with E-state index in [0.29, 0.717) is 0 Å². The average Bonchev–Trinajstić information content (AvgIpc) is 1.83. The molecule has 0 aliphatic carbocycles. The fraction of sp³-hybridized carbons (Fsp3) is 0.455. The van der Waals surface area contributed by atoms with Gasteiger partial charge in [-0.2, -0.15) is 0 Å². The van der Waals surface area contributed by atoms with Crippen molar-refractivity contribution in [2.24, 2.45) is 0 Å². The normalized spacial score (nSPS) is 11.7. The van der Waals surface area contributed by atoms with Crippen LogP contribution in [0, 0.1) is 6.92 Å². The molecule has 0 aliphatic rings. The maximum Gasteiger partial charge on any atom is 0.0417 e. The molecule has 12 heavy (non-hydrogen) atoms. The molecule has 0 amide bonds. The van der Waals surface area contributed by atoms with Crippen molar-refractivity contribution in [1.82, 2.24) is 0 Å². The number of hydrogen-bond acceptors (Lipinski definition) is 0. The molecule has 0 unspecified atom stereocenters. The SMILES string of the molecule is Cc1ccc(C(C)(C)C)c([S])c1. The molecule has 0 aromatic heterocycles. The Kier molecular flexibility index (Phi) is 2.43. The van der Waals surface area contributed by atoms with Crippen LogP contribution in [0.2, 0.25) is 0 Å². The highest BCUT2D eigenvalue weighted by Crippen LogP contribution is 2.28. The van der Waals surface area contributed by atoms with Gasteiger partial charge in [0.2, 0.25) is 0 Å². The Morgan fingerprint density at radius 3 is 2.17 bits per heavy atom. The van der Waals surface area contributed by atoms with Gasteiger partial charge < -0.3 is 0 Å². The van der Waals surface area contributed by atoms with Crippen LogP contribution in [0.5, 0.6) is 0 Å². The van der Waals surface area contributed by atoms with E-state index in [1.54, 1.807) is 0 Å². The van der Waals surface area contributed by atoms with Crippen LogP contribution in [0.4, 0.5) is 0 Å². The van der Waals surface area contributed by atoms with E-state index in [-0.39, 0.29) is 5.41 Å². The third kappa shape index (κ3) is 1.98. The Bertz CT molecular complexity index is 282. The number of benzene rings is 1.